The fourth-order valence-corrected chi connectivity index (χ4v) is 4.38. The number of anilines is 1. The predicted octanol–water partition coefficient (Wildman–Crippen LogP) is 4.62. The molecular weight excluding hydrogens is 386 g/mol. The Bertz CT molecular complexity index is 1230. The number of benzene rings is 3. The standard InChI is InChI=1S/C26H25N3O2/c1-31-21-14-12-19(13-15-21)17-25-27-22-9-3-5-11-24(22)29(25)18-26(30)28-16-6-8-20-7-2-4-10-23(20)28/h2-5,7,9-15H,6,8,16-18H2,1H3. The summed E-state index contributed by atoms with van der Waals surface area (Å²) in [5, 5.41) is 0. The summed E-state index contributed by atoms with van der Waals surface area (Å²) in [6.45, 7) is 1.04. The van der Waals surface area contributed by atoms with Gasteiger partial charge in [-0.15, -0.1) is 0 Å². The lowest BCUT2D eigenvalue weighted by atomic mass is 10.0. The number of carbonyl (C=O) groups excluding carboxylic acids is 1. The monoisotopic (exact) mass is 411 g/mol. The van der Waals surface area contributed by atoms with Crippen LogP contribution in [0.2, 0.25) is 0 Å². The third-order valence-electron chi connectivity index (χ3n) is 5.96. The van der Waals surface area contributed by atoms with Gasteiger partial charge in [0, 0.05) is 18.7 Å². The van der Waals surface area contributed by atoms with Crippen LogP contribution in [0, 0.1) is 0 Å². The quantitative estimate of drug-likeness (QED) is 0.482. The zero-order valence-corrected chi connectivity index (χ0v) is 17.6. The maximum Gasteiger partial charge on any atom is 0.246 e. The molecule has 0 saturated carbocycles. The van der Waals surface area contributed by atoms with Gasteiger partial charge in [0.05, 0.1) is 18.1 Å². The van der Waals surface area contributed by atoms with Gasteiger partial charge in [0.25, 0.3) is 0 Å². The Morgan fingerprint density at radius 3 is 2.61 bits per heavy atom. The first kappa shape index (κ1) is 19.4. The molecule has 0 fully saturated rings. The topological polar surface area (TPSA) is 47.4 Å². The van der Waals surface area contributed by atoms with Crippen molar-refractivity contribution in [2.24, 2.45) is 0 Å². The van der Waals surface area contributed by atoms with Crippen LogP contribution < -0.4 is 9.64 Å². The average molecular weight is 412 g/mol. The van der Waals surface area contributed by atoms with E-state index in [4.69, 9.17) is 9.72 Å². The van der Waals surface area contributed by atoms with E-state index in [9.17, 15) is 4.79 Å². The highest BCUT2D eigenvalue weighted by Crippen LogP contribution is 2.28. The average Bonchev–Trinajstić information content (AvgIpc) is 3.16. The van der Waals surface area contributed by atoms with Gasteiger partial charge in [0.2, 0.25) is 5.91 Å². The van der Waals surface area contributed by atoms with E-state index in [0.29, 0.717) is 6.42 Å². The number of nitrogens with zero attached hydrogens (tertiary/aromatic N) is 3. The number of para-hydroxylation sites is 3. The number of imidazole rings is 1. The van der Waals surface area contributed by atoms with E-state index >= 15 is 0 Å². The molecule has 2 heterocycles. The van der Waals surface area contributed by atoms with Gasteiger partial charge in [-0.05, 0) is 54.3 Å². The number of hydrogen-bond donors (Lipinski definition) is 0. The van der Waals surface area contributed by atoms with Crippen LogP contribution in [0.5, 0.6) is 5.75 Å². The van der Waals surface area contributed by atoms with E-state index in [1.165, 1.54) is 5.56 Å². The summed E-state index contributed by atoms with van der Waals surface area (Å²) in [6, 6.07) is 24.3. The normalized spacial score (nSPS) is 13.3. The van der Waals surface area contributed by atoms with E-state index in [0.717, 1.165) is 53.2 Å². The highest BCUT2D eigenvalue weighted by molar-refractivity contribution is 5.95. The van der Waals surface area contributed by atoms with Gasteiger partial charge in [0.15, 0.2) is 0 Å². The first-order valence-corrected chi connectivity index (χ1v) is 10.7. The number of methoxy groups -OCH3 is 1. The van der Waals surface area contributed by atoms with Crippen molar-refractivity contribution < 1.29 is 9.53 Å². The first-order valence-electron chi connectivity index (χ1n) is 10.7. The Kier molecular flexibility index (Phi) is 5.16. The maximum absolute atomic E-state index is 13.4. The van der Waals surface area contributed by atoms with Crippen molar-refractivity contribution >= 4 is 22.6 Å². The molecule has 0 spiro atoms. The Hall–Kier alpha value is -3.60. The lowest BCUT2D eigenvalue weighted by Gasteiger charge is -2.29. The highest BCUT2D eigenvalue weighted by Gasteiger charge is 2.24. The highest BCUT2D eigenvalue weighted by atomic mass is 16.5. The number of fused-ring (bicyclic) bond motifs is 2. The minimum absolute atomic E-state index is 0.103. The predicted molar refractivity (Wildman–Crippen MR) is 123 cm³/mol. The molecule has 3 aromatic carbocycles. The molecule has 1 aliphatic rings. The summed E-state index contributed by atoms with van der Waals surface area (Å²) in [5.41, 5.74) is 5.33. The first-order chi connectivity index (χ1) is 15.2. The van der Waals surface area contributed by atoms with E-state index < -0.39 is 0 Å². The van der Waals surface area contributed by atoms with E-state index in [1.807, 2.05) is 65.6 Å². The van der Waals surface area contributed by atoms with Gasteiger partial charge < -0.3 is 14.2 Å². The largest absolute Gasteiger partial charge is 0.497 e. The summed E-state index contributed by atoms with van der Waals surface area (Å²) in [7, 11) is 1.67. The number of aromatic nitrogens is 2. The molecule has 1 amide bonds. The molecule has 0 N–H and O–H groups in total. The van der Waals surface area contributed by atoms with Crippen LogP contribution in [0.15, 0.2) is 72.8 Å². The van der Waals surface area contributed by atoms with Crippen LogP contribution in [0.25, 0.3) is 11.0 Å². The third kappa shape index (κ3) is 3.79. The second-order valence-electron chi connectivity index (χ2n) is 7.91. The molecule has 1 aliphatic heterocycles. The second-order valence-corrected chi connectivity index (χ2v) is 7.91. The molecule has 31 heavy (non-hydrogen) atoms. The van der Waals surface area contributed by atoms with Crippen LogP contribution in [0.1, 0.15) is 23.4 Å². The van der Waals surface area contributed by atoms with Gasteiger partial charge in [0.1, 0.15) is 18.1 Å². The Labute approximate surface area is 181 Å². The van der Waals surface area contributed by atoms with E-state index in [2.05, 4.69) is 16.7 Å². The fraction of sp³-hybridized carbons (Fsp3) is 0.231. The minimum Gasteiger partial charge on any atom is -0.497 e. The summed E-state index contributed by atoms with van der Waals surface area (Å²) in [6.07, 6.45) is 2.67. The molecule has 0 radical (unpaired) electrons. The zero-order chi connectivity index (χ0) is 21.2. The van der Waals surface area contributed by atoms with Crippen molar-refractivity contribution in [2.45, 2.75) is 25.8 Å². The second kappa shape index (κ2) is 8.26. The van der Waals surface area contributed by atoms with Crippen LogP contribution in [0.4, 0.5) is 5.69 Å². The lowest BCUT2D eigenvalue weighted by Crippen LogP contribution is -2.38. The number of rotatable bonds is 5. The number of hydrogen-bond acceptors (Lipinski definition) is 3. The van der Waals surface area contributed by atoms with Crippen molar-refractivity contribution in [1.29, 1.82) is 0 Å². The van der Waals surface area contributed by atoms with Crippen molar-refractivity contribution in [3.63, 3.8) is 0 Å². The molecule has 5 rings (SSSR count). The Morgan fingerprint density at radius 2 is 1.77 bits per heavy atom. The summed E-state index contributed by atoms with van der Waals surface area (Å²) in [5.74, 6) is 1.83. The molecule has 0 unspecified atom stereocenters. The van der Waals surface area contributed by atoms with Gasteiger partial charge in [-0.2, -0.15) is 0 Å². The van der Waals surface area contributed by atoms with Crippen LogP contribution in [-0.4, -0.2) is 29.1 Å². The minimum atomic E-state index is 0.103. The molecule has 156 valence electrons. The fourth-order valence-electron chi connectivity index (χ4n) is 4.38. The lowest BCUT2D eigenvalue weighted by molar-refractivity contribution is -0.119. The Balaban J connectivity index is 1.47. The van der Waals surface area contributed by atoms with Crippen molar-refractivity contribution in [2.75, 3.05) is 18.6 Å². The van der Waals surface area contributed by atoms with Gasteiger partial charge >= 0.3 is 0 Å². The molecular formula is C26H25N3O2. The van der Waals surface area contributed by atoms with Gasteiger partial charge in [-0.1, -0.05) is 42.5 Å². The molecule has 0 atom stereocenters. The van der Waals surface area contributed by atoms with Crippen molar-refractivity contribution in [1.82, 2.24) is 9.55 Å². The number of aryl methyl sites for hydroxylation is 1. The third-order valence-corrected chi connectivity index (χ3v) is 5.96. The molecule has 4 aromatic rings. The molecule has 0 bridgehead atoms. The van der Waals surface area contributed by atoms with E-state index in [-0.39, 0.29) is 12.5 Å². The molecule has 5 nitrogen and oxygen atoms in total. The number of amides is 1. The van der Waals surface area contributed by atoms with Crippen molar-refractivity contribution in [3.8, 4) is 5.75 Å². The van der Waals surface area contributed by atoms with Crippen molar-refractivity contribution in [3.05, 3.63) is 89.7 Å². The van der Waals surface area contributed by atoms with Crippen LogP contribution >= 0.6 is 0 Å². The van der Waals surface area contributed by atoms with Crippen LogP contribution in [-0.2, 0) is 24.2 Å². The van der Waals surface area contributed by atoms with Gasteiger partial charge in [-0.3, -0.25) is 4.79 Å². The zero-order valence-electron chi connectivity index (χ0n) is 17.6. The summed E-state index contributed by atoms with van der Waals surface area (Å²) < 4.78 is 7.34. The molecule has 0 saturated heterocycles. The summed E-state index contributed by atoms with van der Waals surface area (Å²) >= 11 is 0. The SMILES string of the molecule is COc1ccc(Cc2nc3ccccc3n2CC(=O)N2CCCc3ccccc32)cc1. The number of carbonyl (C=O) groups is 1. The summed E-state index contributed by atoms with van der Waals surface area (Å²) in [4.78, 5) is 20.2. The van der Waals surface area contributed by atoms with Gasteiger partial charge in [-0.25, -0.2) is 4.98 Å². The Morgan fingerprint density at radius 1 is 1.00 bits per heavy atom. The van der Waals surface area contributed by atoms with Crippen LogP contribution in [0.3, 0.4) is 0 Å². The molecule has 5 heteroatoms. The number of ether oxygens (including phenoxy) is 1. The van der Waals surface area contributed by atoms with E-state index in [1.54, 1.807) is 7.11 Å². The molecule has 0 aliphatic carbocycles. The smallest absolute Gasteiger partial charge is 0.246 e. The maximum atomic E-state index is 13.4. The molecule has 1 aromatic heterocycles.